The minimum atomic E-state index is -0.504. The van der Waals surface area contributed by atoms with E-state index in [0.29, 0.717) is 48.0 Å². The van der Waals surface area contributed by atoms with E-state index >= 15 is 0 Å². The largest absolute Gasteiger partial charge is 0.465 e. The Morgan fingerprint density at radius 1 is 0.517 bits per heavy atom. The Bertz CT molecular complexity index is 1850. The molecular formula is C46H62O14. The van der Waals surface area contributed by atoms with Crippen LogP contribution in [0.5, 0.6) is 0 Å². The van der Waals surface area contributed by atoms with Crippen molar-refractivity contribution in [1.29, 1.82) is 0 Å². The first kappa shape index (κ1) is 43.0. The molecular weight excluding hydrogens is 776 g/mol. The molecule has 4 aliphatic heterocycles. The van der Waals surface area contributed by atoms with Crippen LogP contribution in [0.15, 0.2) is 0 Å². The fourth-order valence-electron chi connectivity index (χ4n) is 14.8. The second-order valence-electron chi connectivity index (χ2n) is 21.4. The highest BCUT2D eigenvalue weighted by Gasteiger charge is 2.66. The SMILES string of the molecule is CC1C(=O)OC(=O)C1C1C(C)C2CC(C(=O)OC(C)(C)C)C1C2.CC1C(=O)OC(=O)C1C1C(C)C2CC(O)C1C2.CC1C(=O)OC(=O)C1C1C(C)C2CC1C1C(=O)OCC21. The number of aliphatic hydroxyl groups is 1. The summed E-state index contributed by atoms with van der Waals surface area (Å²) >= 11 is 0. The van der Waals surface area contributed by atoms with E-state index in [2.05, 4.69) is 20.8 Å². The standard InChI is InChI=1S/C18H26O5.C15H18O5.C13H18O4/c1-8-10-6-11(12(7-10)16(20)23-18(3,4)5)13(8)14-9(2)15(19)22-17(14)21;1-5-7-3-8(12-9(7)4-19-14(12)17)10(5)11-6(2)13(16)20-15(11)18;1-5-7-3-8(9(14)4-7)10(5)11-6(2)12(15)17-13(11)16/h8-14H,6-7H2,1-5H3;5-12H,3-4H2,1-2H3;5-11,14H,3-4H2,1-2H3. The fourth-order valence-corrected chi connectivity index (χ4v) is 14.8. The van der Waals surface area contributed by atoms with Gasteiger partial charge in [0, 0.05) is 5.92 Å². The van der Waals surface area contributed by atoms with E-state index in [9.17, 15) is 43.5 Å². The first-order valence-corrected chi connectivity index (χ1v) is 22.4. The van der Waals surface area contributed by atoms with Gasteiger partial charge in [0.1, 0.15) is 5.60 Å². The van der Waals surface area contributed by atoms with E-state index in [1.165, 1.54) is 0 Å². The Hall–Kier alpha value is -3.68. The van der Waals surface area contributed by atoms with Crippen LogP contribution in [0.2, 0.25) is 0 Å². The normalized spacial score (nSPS) is 49.3. The zero-order valence-corrected chi connectivity index (χ0v) is 36.2. The number of cyclic esters (lactones) is 7. The summed E-state index contributed by atoms with van der Waals surface area (Å²) in [5.41, 5.74) is -0.504. The molecule has 14 nitrogen and oxygen atoms in total. The van der Waals surface area contributed by atoms with Crippen molar-refractivity contribution in [2.24, 2.45) is 124 Å². The molecule has 0 aromatic heterocycles. The summed E-state index contributed by atoms with van der Waals surface area (Å²) in [6, 6.07) is 0. The fraction of sp³-hybridized carbons (Fsp3) is 0.826. The molecule has 14 heteroatoms. The molecule has 4 saturated heterocycles. The maximum absolute atomic E-state index is 12.5. The number of aliphatic hydroxyl groups excluding tert-OH is 1. The maximum Gasteiger partial charge on any atom is 0.317 e. The van der Waals surface area contributed by atoms with Gasteiger partial charge in [0.25, 0.3) is 0 Å². The van der Waals surface area contributed by atoms with Gasteiger partial charge in [-0.1, -0.05) is 41.5 Å². The van der Waals surface area contributed by atoms with Gasteiger partial charge in [-0.2, -0.15) is 0 Å². The van der Waals surface area contributed by atoms with E-state index in [0.717, 1.165) is 32.1 Å². The predicted molar refractivity (Wildman–Crippen MR) is 207 cm³/mol. The smallest absolute Gasteiger partial charge is 0.317 e. The van der Waals surface area contributed by atoms with Gasteiger partial charge in [0.15, 0.2) is 0 Å². The van der Waals surface area contributed by atoms with Gasteiger partial charge >= 0.3 is 47.8 Å². The number of hydrogen-bond acceptors (Lipinski definition) is 14. The molecule has 1 N–H and O–H groups in total. The number of carbonyl (C=O) groups excluding carboxylic acids is 8. The highest BCUT2D eigenvalue weighted by atomic mass is 16.6. The quantitative estimate of drug-likeness (QED) is 0.235. The Morgan fingerprint density at radius 2 is 0.967 bits per heavy atom. The molecule has 0 aromatic rings. The molecule has 22 atom stereocenters. The lowest BCUT2D eigenvalue weighted by Gasteiger charge is -2.37. The van der Waals surface area contributed by atoms with Crippen molar-refractivity contribution in [2.75, 3.05) is 6.61 Å². The van der Waals surface area contributed by atoms with Gasteiger partial charge in [0.2, 0.25) is 0 Å². The van der Waals surface area contributed by atoms with Crippen LogP contribution < -0.4 is 0 Å². The number of hydrogen-bond donors (Lipinski definition) is 1. The molecule has 4 heterocycles. The third-order valence-electron chi connectivity index (χ3n) is 17.5. The van der Waals surface area contributed by atoms with Crippen LogP contribution in [0.4, 0.5) is 0 Å². The average molecular weight is 839 g/mol. The number of rotatable bonds is 4. The van der Waals surface area contributed by atoms with Gasteiger partial charge in [-0.3, -0.25) is 38.4 Å². The van der Waals surface area contributed by atoms with Crippen LogP contribution in [0.25, 0.3) is 0 Å². The summed E-state index contributed by atoms with van der Waals surface area (Å²) in [5.74, 6) is -1.62. The predicted octanol–water partition coefficient (Wildman–Crippen LogP) is 4.56. The molecule has 10 fully saturated rings. The van der Waals surface area contributed by atoms with Crippen molar-refractivity contribution in [1.82, 2.24) is 0 Å². The lowest BCUT2D eigenvalue weighted by molar-refractivity contribution is -0.165. The molecule has 10 aliphatic rings. The van der Waals surface area contributed by atoms with E-state index in [4.69, 9.17) is 23.7 Å². The minimum absolute atomic E-state index is 0.0419. The highest BCUT2D eigenvalue weighted by molar-refractivity contribution is 5.98. The van der Waals surface area contributed by atoms with Crippen molar-refractivity contribution in [3.8, 4) is 0 Å². The molecule has 6 saturated carbocycles. The van der Waals surface area contributed by atoms with Crippen LogP contribution in [-0.2, 0) is 62.0 Å². The average Bonchev–Trinajstić information content (AvgIpc) is 4.05. The summed E-state index contributed by atoms with van der Waals surface area (Å²) in [4.78, 5) is 95.2. The molecule has 330 valence electrons. The van der Waals surface area contributed by atoms with Gasteiger partial charge in [-0.25, -0.2) is 0 Å². The number of esters is 8. The molecule has 22 unspecified atom stereocenters. The van der Waals surface area contributed by atoms with Crippen molar-refractivity contribution in [3.05, 3.63) is 0 Å². The maximum atomic E-state index is 12.5. The first-order chi connectivity index (χ1) is 28.1. The van der Waals surface area contributed by atoms with Crippen LogP contribution in [-0.4, -0.2) is 71.2 Å². The van der Waals surface area contributed by atoms with E-state index in [-0.39, 0.29) is 95.0 Å². The minimum Gasteiger partial charge on any atom is -0.465 e. The van der Waals surface area contributed by atoms with Crippen LogP contribution >= 0.6 is 0 Å². The van der Waals surface area contributed by atoms with Crippen LogP contribution in [0.1, 0.15) is 94.4 Å². The lowest BCUT2D eigenvalue weighted by Crippen LogP contribution is -2.41. The van der Waals surface area contributed by atoms with Gasteiger partial charge in [-0.15, -0.1) is 0 Å². The zero-order valence-electron chi connectivity index (χ0n) is 36.2. The number of fused-ring (bicyclic) bond motifs is 9. The first-order valence-electron chi connectivity index (χ1n) is 22.4. The van der Waals surface area contributed by atoms with E-state index < -0.39 is 47.3 Å². The van der Waals surface area contributed by atoms with Gasteiger partial charge in [-0.05, 0) is 124 Å². The Labute approximate surface area is 351 Å². The third-order valence-corrected chi connectivity index (χ3v) is 17.5. The topological polar surface area (TPSA) is 203 Å². The van der Waals surface area contributed by atoms with Crippen molar-refractivity contribution < 1.29 is 67.1 Å². The van der Waals surface area contributed by atoms with E-state index in [1.54, 1.807) is 20.8 Å². The second kappa shape index (κ2) is 15.3. The Morgan fingerprint density at radius 3 is 1.40 bits per heavy atom. The van der Waals surface area contributed by atoms with Crippen LogP contribution in [0.3, 0.4) is 0 Å². The molecule has 0 spiro atoms. The van der Waals surface area contributed by atoms with Gasteiger partial charge < -0.3 is 28.8 Å². The summed E-state index contributed by atoms with van der Waals surface area (Å²) < 4.78 is 25.2. The molecule has 0 amide bonds. The monoisotopic (exact) mass is 838 g/mol. The van der Waals surface area contributed by atoms with Gasteiger partial charge in [0.05, 0.1) is 60.1 Å². The molecule has 60 heavy (non-hydrogen) atoms. The van der Waals surface area contributed by atoms with Crippen molar-refractivity contribution >= 4 is 47.8 Å². The summed E-state index contributed by atoms with van der Waals surface area (Å²) in [5, 5.41) is 9.97. The molecule has 0 radical (unpaired) electrons. The summed E-state index contributed by atoms with van der Waals surface area (Å²) in [6.45, 7) is 17.9. The summed E-state index contributed by atoms with van der Waals surface area (Å²) in [6.07, 6.45) is 4.32. The van der Waals surface area contributed by atoms with Crippen molar-refractivity contribution in [2.45, 2.75) is 106 Å². The van der Waals surface area contributed by atoms with Crippen LogP contribution in [0, 0.1) is 124 Å². The number of carbonyl (C=O) groups is 8. The Balaban J connectivity index is 0.000000126. The van der Waals surface area contributed by atoms with Crippen molar-refractivity contribution in [3.63, 3.8) is 0 Å². The second-order valence-corrected chi connectivity index (χ2v) is 21.4. The van der Waals surface area contributed by atoms with E-state index in [1.807, 2.05) is 20.8 Å². The summed E-state index contributed by atoms with van der Waals surface area (Å²) in [7, 11) is 0. The highest BCUT2D eigenvalue weighted by Crippen LogP contribution is 2.64. The number of ether oxygens (including phenoxy) is 5. The molecule has 0 aromatic carbocycles. The third kappa shape index (κ3) is 6.83. The molecule has 6 aliphatic carbocycles. The Kier molecular flexibility index (Phi) is 11.0. The lowest BCUT2D eigenvalue weighted by atomic mass is 9.64. The molecule has 10 rings (SSSR count). The zero-order chi connectivity index (χ0) is 43.6. The molecule has 6 bridgehead atoms.